The number of hydrogen-bond donors (Lipinski definition) is 2. The molecule has 3 aliphatic rings. The number of nitrogens with one attached hydrogen (secondary N) is 1. The molecule has 2 atom stereocenters. The molecule has 2 unspecified atom stereocenters. The van der Waals surface area contributed by atoms with E-state index in [-0.39, 0.29) is 22.6 Å². The molecule has 7 heteroatoms. The molecule has 6 nitrogen and oxygen atoms in total. The zero-order chi connectivity index (χ0) is 18.9. The van der Waals surface area contributed by atoms with Crippen LogP contribution < -0.4 is 15.6 Å². The molecule has 3 heterocycles. The van der Waals surface area contributed by atoms with Crippen molar-refractivity contribution in [2.75, 3.05) is 24.5 Å². The van der Waals surface area contributed by atoms with Crippen LogP contribution in [-0.2, 0) is 0 Å². The molecule has 3 fully saturated rings. The third-order valence-electron chi connectivity index (χ3n) is 6.35. The molecule has 2 saturated heterocycles. The van der Waals surface area contributed by atoms with Crippen LogP contribution in [-0.4, -0.2) is 41.3 Å². The zero-order valence-electron chi connectivity index (χ0n) is 15.2. The predicted octanol–water partition coefficient (Wildman–Crippen LogP) is 2.28. The summed E-state index contributed by atoms with van der Waals surface area (Å²) in [5.41, 5.74) is 0.524. The number of rotatable bonds is 3. The number of nitrogens with zero attached hydrogens (tertiary/aromatic N) is 2. The summed E-state index contributed by atoms with van der Waals surface area (Å²) in [7, 11) is 0. The van der Waals surface area contributed by atoms with E-state index in [1.54, 1.807) is 13.0 Å². The van der Waals surface area contributed by atoms with Gasteiger partial charge in [0.25, 0.3) is 0 Å². The molecule has 1 aromatic carbocycles. The van der Waals surface area contributed by atoms with Crippen LogP contribution in [0, 0.1) is 18.7 Å². The number of hydrogen-bond acceptors (Lipinski definition) is 4. The van der Waals surface area contributed by atoms with Gasteiger partial charge in [0.05, 0.1) is 16.6 Å². The SMILES string of the molecule is Cc1c(F)c(N2CC3CCNC3C2)cc2c1c(=O)c(C(=O)O)cn2C1CC1. The van der Waals surface area contributed by atoms with Gasteiger partial charge in [-0.05, 0) is 44.7 Å². The quantitative estimate of drug-likeness (QED) is 0.866. The van der Waals surface area contributed by atoms with E-state index in [9.17, 15) is 14.7 Å². The average molecular weight is 371 g/mol. The smallest absolute Gasteiger partial charge is 0.341 e. The summed E-state index contributed by atoms with van der Waals surface area (Å²) in [4.78, 5) is 26.3. The number of halogens is 1. The van der Waals surface area contributed by atoms with Gasteiger partial charge in [0.1, 0.15) is 11.4 Å². The van der Waals surface area contributed by atoms with E-state index in [1.807, 2.05) is 4.57 Å². The average Bonchev–Trinajstić information content (AvgIpc) is 3.24. The molecule has 0 radical (unpaired) electrons. The van der Waals surface area contributed by atoms with Gasteiger partial charge in [0.2, 0.25) is 5.43 Å². The largest absolute Gasteiger partial charge is 0.477 e. The molecule has 27 heavy (non-hydrogen) atoms. The number of carbonyl (C=O) groups is 1. The molecule has 1 aromatic heterocycles. The highest BCUT2D eigenvalue weighted by Crippen LogP contribution is 2.40. The van der Waals surface area contributed by atoms with Gasteiger partial charge in [0.15, 0.2) is 0 Å². The maximum atomic E-state index is 15.3. The Morgan fingerprint density at radius 3 is 2.74 bits per heavy atom. The molecular weight excluding hydrogens is 349 g/mol. The van der Waals surface area contributed by atoms with Crippen molar-refractivity contribution in [3.63, 3.8) is 0 Å². The van der Waals surface area contributed by atoms with Crippen LogP contribution in [0.1, 0.15) is 41.2 Å². The van der Waals surface area contributed by atoms with Crippen molar-refractivity contribution in [1.82, 2.24) is 9.88 Å². The Hall–Kier alpha value is -2.41. The van der Waals surface area contributed by atoms with Crippen LogP contribution in [0.25, 0.3) is 10.9 Å². The Bertz CT molecular complexity index is 1020. The summed E-state index contributed by atoms with van der Waals surface area (Å²) in [5.74, 6) is -1.15. The fourth-order valence-corrected chi connectivity index (χ4v) is 4.73. The van der Waals surface area contributed by atoms with Gasteiger partial charge in [-0.3, -0.25) is 4.79 Å². The zero-order valence-corrected chi connectivity index (χ0v) is 15.2. The summed E-state index contributed by atoms with van der Waals surface area (Å²) >= 11 is 0. The van der Waals surface area contributed by atoms with Crippen LogP contribution in [0.15, 0.2) is 17.1 Å². The fourth-order valence-electron chi connectivity index (χ4n) is 4.73. The van der Waals surface area contributed by atoms with Crippen LogP contribution in [0.5, 0.6) is 0 Å². The van der Waals surface area contributed by atoms with Crippen LogP contribution in [0.2, 0.25) is 0 Å². The number of aryl methyl sites for hydroxylation is 1. The van der Waals surface area contributed by atoms with Crippen molar-refractivity contribution >= 4 is 22.6 Å². The second-order valence-corrected chi connectivity index (χ2v) is 8.06. The first-order valence-corrected chi connectivity index (χ1v) is 9.55. The van der Waals surface area contributed by atoms with E-state index in [2.05, 4.69) is 10.2 Å². The molecule has 1 aliphatic carbocycles. The first-order valence-electron chi connectivity index (χ1n) is 9.55. The molecular formula is C20H22FN3O3. The van der Waals surface area contributed by atoms with E-state index in [1.165, 1.54) is 6.20 Å². The van der Waals surface area contributed by atoms with Gasteiger partial charge in [0, 0.05) is 36.9 Å². The highest BCUT2D eigenvalue weighted by atomic mass is 19.1. The minimum Gasteiger partial charge on any atom is -0.477 e. The number of benzene rings is 1. The summed E-state index contributed by atoms with van der Waals surface area (Å²) in [6, 6.07) is 2.33. The summed E-state index contributed by atoms with van der Waals surface area (Å²) in [6.45, 7) is 4.16. The molecule has 2 aliphatic heterocycles. The van der Waals surface area contributed by atoms with Crippen molar-refractivity contribution in [3.05, 3.63) is 39.4 Å². The molecule has 142 valence electrons. The van der Waals surface area contributed by atoms with E-state index >= 15 is 4.39 Å². The number of pyridine rings is 1. The van der Waals surface area contributed by atoms with Crippen LogP contribution in [0.4, 0.5) is 10.1 Å². The number of carboxylic acid groups (broad SMARTS) is 1. The van der Waals surface area contributed by atoms with Crippen molar-refractivity contribution in [2.24, 2.45) is 5.92 Å². The third-order valence-corrected chi connectivity index (χ3v) is 6.35. The van der Waals surface area contributed by atoms with Crippen molar-refractivity contribution in [2.45, 2.75) is 38.3 Å². The molecule has 0 amide bonds. The number of anilines is 1. The number of fused-ring (bicyclic) bond motifs is 2. The van der Waals surface area contributed by atoms with Gasteiger partial charge in [-0.1, -0.05) is 0 Å². The summed E-state index contributed by atoms with van der Waals surface area (Å²) in [5, 5.41) is 13.1. The predicted molar refractivity (Wildman–Crippen MR) is 100 cm³/mol. The van der Waals surface area contributed by atoms with E-state index in [0.717, 1.165) is 38.9 Å². The normalized spacial score (nSPS) is 24.6. The Kier molecular flexibility index (Phi) is 3.59. The van der Waals surface area contributed by atoms with Crippen LogP contribution >= 0.6 is 0 Å². The maximum absolute atomic E-state index is 15.3. The van der Waals surface area contributed by atoms with Crippen molar-refractivity contribution in [3.8, 4) is 0 Å². The second-order valence-electron chi connectivity index (χ2n) is 8.06. The monoisotopic (exact) mass is 371 g/mol. The maximum Gasteiger partial charge on any atom is 0.341 e. The van der Waals surface area contributed by atoms with E-state index in [0.29, 0.717) is 23.2 Å². The Labute approximate surface area is 155 Å². The molecule has 0 bridgehead atoms. The first kappa shape index (κ1) is 16.7. The van der Waals surface area contributed by atoms with Gasteiger partial charge in [-0.25, -0.2) is 9.18 Å². The topological polar surface area (TPSA) is 74.6 Å². The summed E-state index contributed by atoms with van der Waals surface area (Å²) < 4.78 is 17.1. The lowest BCUT2D eigenvalue weighted by molar-refractivity contribution is 0.0695. The molecule has 2 N–H and O–H groups in total. The minimum absolute atomic E-state index is 0.184. The van der Waals surface area contributed by atoms with Crippen LogP contribution in [0.3, 0.4) is 0 Å². The van der Waals surface area contributed by atoms with E-state index in [4.69, 9.17) is 0 Å². The lowest BCUT2D eigenvalue weighted by Gasteiger charge is -2.23. The standard InChI is InChI=1S/C20H22FN3O3/c1-10-17-15(24(12-2-3-12)8-13(19(17)25)20(26)27)6-16(18(10)21)23-7-11-4-5-22-14(11)9-23/h6,8,11-12,14,22H,2-5,7,9H2,1H3,(H,26,27). The number of carboxylic acids is 1. The Morgan fingerprint density at radius 2 is 2.07 bits per heavy atom. The fraction of sp³-hybridized carbons (Fsp3) is 0.500. The van der Waals surface area contributed by atoms with Gasteiger partial charge in [-0.2, -0.15) is 0 Å². The molecule has 0 spiro atoms. The highest BCUT2D eigenvalue weighted by Gasteiger charge is 2.37. The lowest BCUT2D eigenvalue weighted by atomic mass is 10.0. The third kappa shape index (κ3) is 2.48. The van der Waals surface area contributed by atoms with Crippen molar-refractivity contribution in [1.29, 1.82) is 0 Å². The molecule has 2 aromatic rings. The minimum atomic E-state index is -1.27. The Morgan fingerprint density at radius 1 is 1.30 bits per heavy atom. The van der Waals surface area contributed by atoms with Gasteiger partial charge >= 0.3 is 5.97 Å². The first-order chi connectivity index (χ1) is 13.0. The molecule has 5 rings (SSSR count). The van der Waals surface area contributed by atoms with Gasteiger partial charge < -0.3 is 19.9 Å². The van der Waals surface area contributed by atoms with E-state index < -0.39 is 17.2 Å². The molecule has 1 saturated carbocycles. The van der Waals surface area contributed by atoms with Gasteiger partial charge in [-0.15, -0.1) is 0 Å². The van der Waals surface area contributed by atoms with Crippen molar-refractivity contribution < 1.29 is 14.3 Å². The lowest BCUT2D eigenvalue weighted by Crippen LogP contribution is -2.30. The number of aromatic carboxylic acids is 1. The summed E-state index contributed by atoms with van der Waals surface area (Å²) in [6.07, 6.45) is 4.43. The highest BCUT2D eigenvalue weighted by molar-refractivity contribution is 5.95. The second kappa shape index (κ2) is 5.79. The number of aromatic nitrogens is 1. The Balaban J connectivity index is 1.72.